The highest BCUT2D eigenvalue weighted by Crippen LogP contribution is 2.23. The lowest BCUT2D eigenvalue weighted by Crippen LogP contribution is -2.40. The van der Waals surface area contributed by atoms with Crippen molar-refractivity contribution in [2.24, 2.45) is 0 Å². The van der Waals surface area contributed by atoms with Crippen LogP contribution in [0.1, 0.15) is 51.6 Å². The van der Waals surface area contributed by atoms with E-state index in [-0.39, 0.29) is 29.3 Å². The van der Waals surface area contributed by atoms with Crippen LogP contribution in [0.4, 0.5) is 0 Å². The number of sulfonamides is 1. The third-order valence-corrected chi connectivity index (χ3v) is 7.29. The third-order valence-electron chi connectivity index (χ3n) is 5.25. The Bertz CT molecular complexity index is 1050. The van der Waals surface area contributed by atoms with E-state index < -0.39 is 22.6 Å². The number of carbonyl (C=O) groups is 2. The summed E-state index contributed by atoms with van der Waals surface area (Å²) in [6.07, 6.45) is 0. The number of hydrogen-bond acceptors (Lipinski definition) is 6. The van der Waals surface area contributed by atoms with E-state index in [1.807, 2.05) is 12.1 Å². The molecule has 0 saturated carbocycles. The fourth-order valence-corrected chi connectivity index (χ4v) is 4.94. The maximum atomic E-state index is 13.0. The Morgan fingerprint density at radius 3 is 2.26 bits per heavy atom. The van der Waals surface area contributed by atoms with E-state index in [2.05, 4.69) is 13.8 Å². The Kier molecular flexibility index (Phi) is 7.25. The molecule has 0 aromatic heterocycles. The second-order valence-corrected chi connectivity index (χ2v) is 9.68. The maximum Gasteiger partial charge on any atom is 0.338 e. The Morgan fingerprint density at radius 1 is 1.03 bits per heavy atom. The number of morpholine rings is 1. The average molecular weight is 446 g/mol. The van der Waals surface area contributed by atoms with Crippen LogP contribution in [-0.2, 0) is 19.5 Å². The van der Waals surface area contributed by atoms with E-state index >= 15 is 0 Å². The number of ether oxygens (including phenoxy) is 2. The zero-order valence-corrected chi connectivity index (χ0v) is 18.8. The smallest absolute Gasteiger partial charge is 0.338 e. The first-order chi connectivity index (χ1) is 14.7. The van der Waals surface area contributed by atoms with Gasteiger partial charge in [-0.05, 0) is 36.1 Å². The van der Waals surface area contributed by atoms with Gasteiger partial charge in [-0.1, -0.05) is 44.2 Å². The SMILES string of the molecule is Cc1ccc(C(=O)OCC(=O)c2ccc(C(C)C)cc2)cc1S(=O)(=O)N1CCOCC1. The summed E-state index contributed by atoms with van der Waals surface area (Å²) < 4.78 is 37.7. The molecule has 31 heavy (non-hydrogen) atoms. The number of esters is 1. The zero-order chi connectivity index (χ0) is 22.6. The summed E-state index contributed by atoms with van der Waals surface area (Å²) in [4.78, 5) is 24.9. The number of Topliss-reactive ketones (excluding diaryl/α,β-unsaturated/α-hetero) is 1. The Labute approximate surface area is 183 Å². The molecule has 2 aromatic carbocycles. The van der Waals surface area contributed by atoms with E-state index in [1.54, 1.807) is 25.1 Å². The molecule has 0 aliphatic carbocycles. The summed E-state index contributed by atoms with van der Waals surface area (Å²) in [5.74, 6) is -0.714. The number of hydrogen-bond donors (Lipinski definition) is 0. The first kappa shape index (κ1) is 23.1. The van der Waals surface area contributed by atoms with Gasteiger partial charge in [0.1, 0.15) is 0 Å². The Hall–Kier alpha value is -2.55. The minimum Gasteiger partial charge on any atom is -0.454 e. The van der Waals surface area contributed by atoms with Crippen molar-refractivity contribution in [1.82, 2.24) is 4.31 Å². The molecule has 0 bridgehead atoms. The van der Waals surface area contributed by atoms with Crippen molar-refractivity contribution >= 4 is 21.8 Å². The molecule has 0 N–H and O–H groups in total. The lowest BCUT2D eigenvalue weighted by atomic mass is 10.0. The standard InChI is InChI=1S/C23H27NO6S/c1-16(2)18-6-8-19(9-7-18)21(25)15-30-23(26)20-5-4-17(3)22(14-20)31(27,28)24-10-12-29-13-11-24/h4-9,14,16H,10-13,15H2,1-3H3. The molecule has 0 radical (unpaired) electrons. The van der Waals surface area contributed by atoms with Crippen molar-refractivity contribution < 1.29 is 27.5 Å². The second-order valence-electron chi connectivity index (χ2n) is 7.77. The molecule has 0 amide bonds. The van der Waals surface area contributed by atoms with E-state index in [1.165, 1.54) is 16.4 Å². The molecule has 0 unspecified atom stereocenters. The van der Waals surface area contributed by atoms with Crippen LogP contribution in [0.2, 0.25) is 0 Å². The van der Waals surface area contributed by atoms with Gasteiger partial charge in [-0.15, -0.1) is 0 Å². The first-order valence-corrected chi connectivity index (χ1v) is 11.6. The predicted molar refractivity (Wildman–Crippen MR) is 116 cm³/mol. The summed E-state index contributed by atoms with van der Waals surface area (Å²) in [7, 11) is -3.76. The number of carbonyl (C=O) groups excluding carboxylic acids is 2. The molecule has 0 atom stereocenters. The van der Waals surface area contributed by atoms with Gasteiger partial charge in [0.25, 0.3) is 0 Å². The van der Waals surface area contributed by atoms with Crippen LogP contribution >= 0.6 is 0 Å². The molecule has 1 saturated heterocycles. The quantitative estimate of drug-likeness (QED) is 0.480. The van der Waals surface area contributed by atoms with Crippen LogP contribution < -0.4 is 0 Å². The summed E-state index contributed by atoms with van der Waals surface area (Å²) in [5, 5.41) is 0. The van der Waals surface area contributed by atoms with Gasteiger partial charge in [0.15, 0.2) is 12.4 Å². The van der Waals surface area contributed by atoms with Crippen molar-refractivity contribution in [3.8, 4) is 0 Å². The van der Waals surface area contributed by atoms with Crippen molar-refractivity contribution in [3.05, 3.63) is 64.7 Å². The number of benzene rings is 2. The van der Waals surface area contributed by atoms with Gasteiger partial charge in [0.2, 0.25) is 10.0 Å². The zero-order valence-electron chi connectivity index (χ0n) is 18.0. The third kappa shape index (κ3) is 5.39. The molecule has 166 valence electrons. The second kappa shape index (κ2) is 9.72. The number of rotatable bonds is 7. The van der Waals surface area contributed by atoms with E-state index in [0.717, 1.165) is 5.56 Å². The molecule has 8 heteroatoms. The predicted octanol–water partition coefficient (Wildman–Crippen LogP) is 3.18. The minimum absolute atomic E-state index is 0.0550. The summed E-state index contributed by atoms with van der Waals surface area (Å²) in [5.41, 5.74) is 2.18. The molecule has 0 spiro atoms. The van der Waals surface area contributed by atoms with E-state index in [9.17, 15) is 18.0 Å². The average Bonchev–Trinajstić information content (AvgIpc) is 2.78. The summed E-state index contributed by atoms with van der Waals surface area (Å²) >= 11 is 0. The van der Waals surface area contributed by atoms with Crippen LogP contribution in [0.3, 0.4) is 0 Å². The molecule has 1 aliphatic heterocycles. The highest BCUT2D eigenvalue weighted by Gasteiger charge is 2.28. The van der Waals surface area contributed by atoms with Crippen LogP contribution in [0.15, 0.2) is 47.4 Å². The molecule has 2 aromatic rings. The van der Waals surface area contributed by atoms with Gasteiger partial charge in [-0.2, -0.15) is 4.31 Å². The Balaban J connectivity index is 1.70. The van der Waals surface area contributed by atoms with Gasteiger partial charge >= 0.3 is 5.97 Å². The molecule has 1 aliphatic rings. The summed E-state index contributed by atoms with van der Waals surface area (Å²) in [6, 6.07) is 11.6. The van der Waals surface area contributed by atoms with Crippen LogP contribution in [0, 0.1) is 6.92 Å². The van der Waals surface area contributed by atoms with Crippen LogP contribution in [0.25, 0.3) is 0 Å². The molecule has 7 nitrogen and oxygen atoms in total. The lowest BCUT2D eigenvalue weighted by Gasteiger charge is -2.26. The highest BCUT2D eigenvalue weighted by molar-refractivity contribution is 7.89. The Morgan fingerprint density at radius 2 is 1.65 bits per heavy atom. The van der Waals surface area contributed by atoms with Gasteiger partial charge in [-0.3, -0.25) is 4.79 Å². The van der Waals surface area contributed by atoms with Crippen molar-refractivity contribution in [2.75, 3.05) is 32.9 Å². The molecular weight excluding hydrogens is 418 g/mol. The van der Waals surface area contributed by atoms with Gasteiger partial charge < -0.3 is 9.47 Å². The van der Waals surface area contributed by atoms with Gasteiger partial charge in [0.05, 0.1) is 23.7 Å². The molecule has 1 fully saturated rings. The minimum atomic E-state index is -3.76. The topological polar surface area (TPSA) is 90.0 Å². The van der Waals surface area contributed by atoms with E-state index in [0.29, 0.717) is 30.3 Å². The molecule has 3 rings (SSSR count). The summed E-state index contributed by atoms with van der Waals surface area (Å²) in [6.45, 7) is 6.58. The normalized spacial score (nSPS) is 15.1. The monoisotopic (exact) mass is 445 g/mol. The first-order valence-electron chi connectivity index (χ1n) is 10.2. The fraction of sp³-hybridized carbons (Fsp3) is 0.391. The largest absolute Gasteiger partial charge is 0.454 e. The number of ketones is 1. The lowest BCUT2D eigenvalue weighted by molar-refractivity contribution is 0.0474. The highest BCUT2D eigenvalue weighted by atomic mass is 32.2. The van der Waals surface area contributed by atoms with Crippen molar-refractivity contribution in [1.29, 1.82) is 0 Å². The molecule has 1 heterocycles. The number of aryl methyl sites for hydroxylation is 1. The molecular formula is C23H27NO6S. The fourth-order valence-electron chi connectivity index (χ4n) is 3.28. The van der Waals surface area contributed by atoms with Gasteiger partial charge in [0, 0.05) is 18.7 Å². The van der Waals surface area contributed by atoms with E-state index in [4.69, 9.17) is 9.47 Å². The van der Waals surface area contributed by atoms with Crippen molar-refractivity contribution in [2.45, 2.75) is 31.6 Å². The van der Waals surface area contributed by atoms with Crippen molar-refractivity contribution in [3.63, 3.8) is 0 Å². The van der Waals surface area contributed by atoms with Crippen LogP contribution in [0.5, 0.6) is 0 Å². The van der Waals surface area contributed by atoms with Gasteiger partial charge in [-0.25, -0.2) is 13.2 Å². The van der Waals surface area contributed by atoms with Crippen LogP contribution in [-0.4, -0.2) is 57.4 Å². The number of nitrogens with zero attached hydrogens (tertiary/aromatic N) is 1. The maximum absolute atomic E-state index is 13.0.